The minimum atomic E-state index is -0.586. The van der Waals surface area contributed by atoms with Gasteiger partial charge in [0.05, 0.1) is 29.4 Å². The smallest absolute Gasteiger partial charge is 0.327 e. The molecule has 2 aliphatic rings. The predicted octanol–water partition coefficient (Wildman–Crippen LogP) is 1.41. The summed E-state index contributed by atoms with van der Waals surface area (Å²) in [4.78, 5) is 42.3. The molecule has 164 valence electrons. The van der Waals surface area contributed by atoms with E-state index in [0.29, 0.717) is 18.7 Å². The van der Waals surface area contributed by atoms with Crippen molar-refractivity contribution in [3.8, 4) is 0 Å². The van der Waals surface area contributed by atoms with Gasteiger partial charge in [0.1, 0.15) is 5.82 Å². The first-order valence-corrected chi connectivity index (χ1v) is 11.0. The fourth-order valence-corrected chi connectivity index (χ4v) is 5.12. The molecule has 2 N–H and O–H groups in total. The monoisotopic (exact) mass is 437 g/mol. The van der Waals surface area contributed by atoms with Crippen molar-refractivity contribution in [3.63, 3.8) is 0 Å². The molecule has 1 aromatic rings. The Bertz CT molecular complexity index is 821. The lowest BCUT2D eigenvalue weighted by Gasteiger charge is -2.50. The Morgan fingerprint density at radius 2 is 1.90 bits per heavy atom. The third-order valence-electron chi connectivity index (χ3n) is 5.64. The Hall–Kier alpha value is -2.17. The van der Waals surface area contributed by atoms with Crippen LogP contribution in [0.5, 0.6) is 0 Å². The number of halogens is 1. The van der Waals surface area contributed by atoms with Crippen LogP contribution in [0.4, 0.5) is 9.18 Å². The van der Waals surface area contributed by atoms with Gasteiger partial charge in [-0.1, -0.05) is 12.1 Å². The summed E-state index contributed by atoms with van der Waals surface area (Å²) in [6, 6.07) is 5.75. The molecule has 0 spiro atoms. The molecule has 30 heavy (non-hydrogen) atoms. The summed E-state index contributed by atoms with van der Waals surface area (Å²) >= 11 is 1.34. The van der Waals surface area contributed by atoms with Crippen molar-refractivity contribution in [1.29, 1.82) is 0 Å². The molecule has 2 saturated heterocycles. The molecule has 4 atom stereocenters. The molecule has 2 heterocycles. The standard InChI is InChI=1S/C20H28FN5O3S/c1-5-26(6-2)14(27)11-30-18-15-17(24(3)20(29)25(4)19(15)28)22-16(23-18)12-8-7-9-13(21)10-12/h7-10,15-18,22-23H,5-6,11H2,1-4H3. The van der Waals surface area contributed by atoms with Crippen molar-refractivity contribution in [2.45, 2.75) is 31.6 Å². The fraction of sp³-hybridized carbons (Fsp3) is 0.550. The van der Waals surface area contributed by atoms with Crippen molar-refractivity contribution in [3.05, 3.63) is 35.6 Å². The third kappa shape index (κ3) is 4.30. The third-order valence-corrected chi connectivity index (χ3v) is 6.84. The van der Waals surface area contributed by atoms with Crippen LogP contribution in [-0.2, 0) is 9.59 Å². The Balaban J connectivity index is 1.87. The molecule has 0 saturated carbocycles. The van der Waals surface area contributed by atoms with Crippen molar-refractivity contribution in [2.24, 2.45) is 5.92 Å². The number of hydrogen-bond donors (Lipinski definition) is 2. The number of imide groups is 1. The molecule has 4 unspecified atom stereocenters. The average Bonchev–Trinajstić information content (AvgIpc) is 2.74. The van der Waals surface area contributed by atoms with E-state index in [9.17, 15) is 18.8 Å². The highest BCUT2D eigenvalue weighted by molar-refractivity contribution is 8.00. The highest BCUT2D eigenvalue weighted by Gasteiger charge is 2.51. The van der Waals surface area contributed by atoms with E-state index in [1.807, 2.05) is 13.8 Å². The number of carbonyl (C=O) groups excluding carboxylic acids is 3. The quantitative estimate of drug-likeness (QED) is 0.700. The molecule has 10 heteroatoms. The summed E-state index contributed by atoms with van der Waals surface area (Å²) in [6.07, 6.45) is -1.05. The Labute approximate surface area is 180 Å². The van der Waals surface area contributed by atoms with Crippen molar-refractivity contribution in [2.75, 3.05) is 32.9 Å². The molecule has 2 fully saturated rings. The molecule has 4 amide bonds. The van der Waals surface area contributed by atoms with Gasteiger partial charge in [-0.15, -0.1) is 11.8 Å². The molecule has 1 aromatic carbocycles. The van der Waals surface area contributed by atoms with Gasteiger partial charge in [0.25, 0.3) is 0 Å². The number of benzene rings is 1. The largest absolute Gasteiger partial charge is 0.343 e. The summed E-state index contributed by atoms with van der Waals surface area (Å²) in [5.41, 5.74) is 0.654. The summed E-state index contributed by atoms with van der Waals surface area (Å²) in [6.45, 7) is 5.08. The fourth-order valence-electron chi connectivity index (χ4n) is 3.91. The Morgan fingerprint density at radius 3 is 2.53 bits per heavy atom. The van der Waals surface area contributed by atoms with Crippen LogP contribution in [0.3, 0.4) is 0 Å². The van der Waals surface area contributed by atoms with E-state index in [1.54, 1.807) is 24.1 Å². The highest BCUT2D eigenvalue weighted by Crippen LogP contribution is 2.34. The maximum absolute atomic E-state index is 13.8. The van der Waals surface area contributed by atoms with Crippen LogP contribution in [0.1, 0.15) is 25.6 Å². The van der Waals surface area contributed by atoms with Crippen molar-refractivity contribution >= 4 is 29.6 Å². The van der Waals surface area contributed by atoms with E-state index in [-0.39, 0.29) is 23.4 Å². The molecule has 0 aliphatic carbocycles. The van der Waals surface area contributed by atoms with Gasteiger partial charge >= 0.3 is 6.03 Å². The van der Waals surface area contributed by atoms with Gasteiger partial charge in [0.15, 0.2) is 0 Å². The summed E-state index contributed by atoms with van der Waals surface area (Å²) < 4.78 is 13.8. The van der Waals surface area contributed by atoms with E-state index in [4.69, 9.17) is 0 Å². The first-order valence-electron chi connectivity index (χ1n) is 9.99. The second-order valence-corrected chi connectivity index (χ2v) is 8.51. The van der Waals surface area contributed by atoms with Crippen LogP contribution in [0, 0.1) is 11.7 Å². The van der Waals surface area contributed by atoms with E-state index in [1.165, 1.54) is 35.8 Å². The normalized spacial score (nSPS) is 26.6. The number of nitrogens with zero attached hydrogens (tertiary/aromatic N) is 3. The van der Waals surface area contributed by atoms with E-state index < -0.39 is 29.7 Å². The summed E-state index contributed by atoms with van der Waals surface area (Å²) in [5.74, 6) is -1.08. The Morgan fingerprint density at radius 1 is 1.20 bits per heavy atom. The average molecular weight is 438 g/mol. The van der Waals surface area contributed by atoms with E-state index in [0.717, 1.165) is 4.90 Å². The van der Waals surface area contributed by atoms with Crippen molar-refractivity contribution in [1.82, 2.24) is 25.3 Å². The zero-order valence-corrected chi connectivity index (χ0v) is 18.4. The number of urea groups is 1. The zero-order chi connectivity index (χ0) is 22.0. The van der Waals surface area contributed by atoms with Gasteiger partial charge < -0.3 is 9.80 Å². The number of thioether (sulfide) groups is 1. The van der Waals surface area contributed by atoms with Gasteiger partial charge in [-0.25, -0.2) is 9.18 Å². The first-order chi connectivity index (χ1) is 14.3. The van der Waals surface area contributed by atoms with Crippen LogP contribution in [0.2, 0.25) is 0 Å². The molecule has 2 aliphatic heterocycles. The zero-order valence-electron chi connectivity index (χ0n) is 17.6. The molecule has 0 radical (unpaired) electrons. The minimum Gasteiger partial charge on any atom is -0.343 e. The SMILES string of the molecule is CCN(CC)C(=O)CSC1NC(c2cccc(F)c2)NC2C1C(=O)N(C)C(=O)N2C. The van der Waals surface area contributed by atoms with Gasteiger partial charge in [-0.05, 0) is 31.5 Å². The predicted molar refractivity (Wildman–Crippen MR) is 113 cm³/mol. The second-order valence-electron chi connectivity index (χ2n) is 7.38. The van der Waals surface area contributed by atoms with E-state index in [2.05, 4.69) is 10.6 Å². The maximum atomic E-state index is 13.8. The van der Waals surface area contributed by atoms with Gasteiger partial charge in [0.2, 0.25) is 11.8 Å². The maximum Gasteiger partial charge on any atom is 0.327 e. The molecular formula is C20H28FN5O3S. The number of rotatable bonds is 6. The lowest BCUT2D eigenvalue weighted by Crippen LogP contribution is -2.72. The lowest BCUT2D eigenvalue weighted by atomic mass is 9.96. The number of hydrogen-bond acceptors (Lipinski definition) is 6. The molecule has 3 rings (SSSR count). The molecule has 0 aromatic heterocycles. The van der Waals surface area contributed by atoms with Crippen LogP contribution < -0.4 is 10.6 Å². The molecule has 8 nitrogen and oxygen atoms in total. The lowest BCUT2D eigenvalue weighted by molar-refractivity contribution is -0.140. The Kier molecular flexibility index (Phi) is 6.99. The highest BCUT2D eigenvalue weighted by atomic mass is 32.2. The molecule has 0 bridgehead atoms. The first kappa shape index (κ1) is 22.5. The summed E-state index contributed by atoms with van der Waals surface area (Å²) in [5, 5.41) is 6.17. The van der Waals surface area contributed by atoms with Crippen LogP contribution in [0.25, 0.3) is 0 Å². The van der Waals surface area contributed by atoms with Crippen LogP contribution in [0.15, 0.2) is 24.3 Å². The van der Waals surface area contributed by atoms with Crippen molar-refractivity contribution < 1.29 is 18.8 Å². The van der Waals surface area contributed by atoms with Crippen LogP contribution in [-0.4, -0.2) is 77.0 Å². The number of amides is 4. The topological polar surface area (TPSA) is 85.0 Å². The van der Waals surface area contributed by atoms with Gasteiger partial charge in [-0.2, -0.15) is 0 Å². The van der Waals surface area contributed by atoms with E-state index >= 15 is 0 Å². The number of fused-ring (bicyclic) bond motifs is 1. The van der Waals surface area contributed by atoms with Crippen LogP contribution >= 0.6 is 11.8 Å². The van der Waals surface area contributed by atoms with Gasteiger partial charge in [-0.3, -0.25) is 25.1 Å². The summed E-state index contributed by atoms with van der Waals surface area (Å²) in [7, 11) is 3.09. The number of nitrogens with one attached hydrogen (secondary N) is 2. The molecular weight excluding hydrogens is 409 g/mol. The second kappa shape index (κ2) is 9.32. The number of carbonyl (C=O) groups is 3. The minimum absolute atomic E-state index is 0.00904. The van der Waals surface area contributed by atoms with Gasteiger partial charge in [0, 0.05) is 27.2 Å².